The van der Waals surface area contributed by atoms with E-state index < -0.39 is 0 Å². The molecule has 0 bridgehead atoms. The first-order valence-electron chi connectivity index (χ1n) is 26.0. The van der Waals surface area contributed by atoms with E-state index in [2.05, 4.69) is 123 Å². The molecule has 7 heteroatoms. The normalized spacial score (nSPS) is 11.1. The van der Waals surface area contributed by atoms with E-state index >= 15 is 0 Å². The van der Waals surface area contributed by atoms with E-state index in [0.717, 1.165) is 80.4 Å². The molecule has 1 N–H and O–H groups in total. The Morgan fingerprint density at radius 3 is 1.36 bits per heavy atom. The predicted molar refractivity (Wildman–Crippen MR) is 283 cm³/mol. The second-order valence-electron chi connectivity index (χ2n) is 18.0. The molecule has 67 heavy (non-hydrogen) atoms. The lowest BCUT2D eigenvalue weighted by Crippen LogP contribution is -2.39. The average Bonchev–Trinajstić information content (AvgIpc) is 3.38. The molecule has 5 aromatic carbocycles. The van der Waals surface area contributed by atoms with Crippen LogP contribution in [0.1, 0.15) is 143 Å². The number of nitrogens with zero attached hydrogens (tertiary/aromatic N) is 3. The molecule has 0 aliphatic rings. The molecule has 0 heterocycles. The summed E-state index contributed by atoms with van der Waals surface area (Å²) in [6.45, 7) is 22.4. The summed E-state index contributed by atoms with van der Waals surface area (Å²) in [7, 11) is 0. The van der Waals surface area contributed by atoms with E-state index in [9.17, 15) is 4.79 Å². The van der Waals surface area contributed by atoms with Gasteiger partial charge in [0.15, 0.2) is 0 Å². The van der Waals surface area contributed by atoms with Crippen LogP contribution < -0.4 is 14.8 Å². The summed E-state index contributed by atoms with van der Waals surface area (Å²) in [5.74, 6) is 1.87. The van der Waals surface area contributed by atoms with Crippen LogP contribution in [-0.2, 0) is 32.7 Å². The Labute approximate surface area is 407 Å². The smallest absolute Gasteiger partial charge is 0.254 e. The zero-order chi connectivity index (χ0) is 47.6. The van der Waals surface area contributed by atoms with Crippen molar-refractivity contribution in [2.45, 2.75) is 138 Å². The van der Waals surface area contributed by atoms with Crippen LogP contribution in [0.3, 0.4) is 0 Å². The molecular formula is C60H86N4O3. The Balaban J connectivity index is 0.000000316. The van der Waals surface area contributed by atoms with Crippen molar-refractivity contribution in [1.82, 2.24) is 20.0 Å². The quantitative estimate of drug-likeness (QED) is 0.0423. The minimum Gasteiger partial charge on any atom is -0.489 e. The Hall–Kier alpha value is -4.95. The highest BCUT2D eigenvalue weighted by Gasteiger charge is 2.18. The van der Waals surface area contributed by atoms with Gasteiger partial charge in [0.05, 0.1) is 0 Å². The first-order valence-corrected chi connectivity index (χ1v) is 26.0. The topological polar surface area (TPSA) is 57.3 Å². The van der Waals surface area contributed by atoms with Gasteiger partial charge >= 0.3 is 0 Å². The number of unbranched alkanes of at least 4 members (excludes halogenated alkanes) is 6. The van der Waals surface area contributed by atoms with Crippen molar-refractivity contribution >= 4 is 5.91 Å². The summed E-state index contributed by atoms with van der Waals surface area (Å²) >= 11 is 0. The van der Waals surface area contributed by atoms with Gasteiger partial charge in [-0.1, -0.05) is 170 Å². The van der Waals surface area contributed by atoms with Crippen LogP contribution in [0, 0.1) is 0 Å². The van der Waals surface area contributed by atoms with Crippen molar-refractivity contribution < 1.29 is 14.3 Å². The number of carbonyl (C=O) groups is 1. The first kappa shape index (κ1) is 54.7. The monoisotopic (exact) mass is 911 g/mol. The summed E-state index contributed by atoms with van der Waals surface area (Å²) in [6, 6.07) is 45.4. The predicted octanol–water partition coefficient (Wildman–Crippen LogP) is 13.8. The molecule has 0 unspecified atom stereocenters. The minimum absolute atomic E-state index is 0.107. The third kappa shape index (κ3) is 23.1. The molecule has 0 fully saturated rings. The fourth-order valence-corrected chi connectivity index (χ4v) is 7.85. The number of ether oxygens (including phenoxy) is 2. The lowest BCUT2D eigenvalue weighted by molar-refractivity contribution is 0.0720. The molecule has 0 atom stereocenters. The van der Waals surface area contributed by atoms with Gasteiger partial charge in [-0.05, 0) is 129 Å². The number of hydrogen-bond donors (Lipinski definition) is 1. The van der Waals surface area contributed by atoms with Gasteiger partial charge in [0.25, 0.3) is 5.91 Å². The molecular weight excluding hydrogens is 825 g/mol. The van der Waals surface area contributed by atoms with Crippen LogP contribution in [0.2, 0.25) is 0 Å². The molecule has 5 aromatic rings. The largest absolute Gasteiger partial charge is 0.489 e. The Kier molecular flexibility index (Phi) is 28.0. The van der Waals surface area contributed by atoms with Crippen molar-refractivity contribution in [3.8, 4) is 11.5 Å². The van der Waals surface area contributed by atoms with Crippen LogP contribution in [0.4, 0.5) is 0 Å². The van der Waals surface area contributed by atoms with Crippen molar-refractivity contribution in [1.29, 1.82) is 0 Å². The fourth-order valence-electron chi connectivity index (χ4n) is 7.85. The SMILES string of the molecule is CCCCCc1ccc(C(=O)N(CCN(CCCC)CCCC)Cc2ccc(OCc3ccccc3)cc2)cc1.CCCCN(CCCC)CCNCc1ccc(OCc2ccccc2)cc1. The molecule has 0 spiro atoms. The molecule has 0 aliphatic carbocycles. The standard InChI is InChI=1S/C36H50N2O2.C24H36N2O/c1-4-7-11-14-31-17-21-34(22-18-31)36(39)38(28-27-37(25-8-5-2)26-9-6-3)29-32-19-23-35(24-20-32)40-30-33-15-12-10-13-16-33;1-3-5-17-26(18-6-4-2)19-16-25-20-22-12-14-24(15-13-22)27-21-23-10-8-7-9-11-23/h10,12-13,15-24H,4-9,11,14,25-30H2,1-3H3;7-15,25H,3-6,16-21H2,1-2H3. The summed E-state index contributed by atoms with van der Waals surface area (Å²) < 4.78 is 11.8. The van der Waals surface area contributed by atoms with E-state index in [1.54, 1.807) is 0 Å². The summed E-state index contributed by atoms with van der Waals surface area (Å²) in [4.78, 5) is 20.9. The fraction of sp³-hybridized carbons (Fsp3) is 0.483. The van der Waals surface area contributed by atoms with Crippen LogP contribution in [-0.4, -0.2) is 73.0 Å². The van der Waals surface area contributed by atoms with Crippen molar-refractivity contribution in [2.24, 2.45) is 0 Å². The van der Waals surface area contributed by atoms with Crippen molar-refractivity contribution in [3.63, 3.8) is 0 Å². The molecule has 0 aromatic heterocycles. The van der Waals surface area contributed by atoms with Crippen molar-refractivity contribution in [2.75, 3.05) is 52.4 Å². The maximum Gasteiger partial charge on any atom is 0.254 e. The minimum atomic E-state index is 0.107. The second kappa shape index (κ2) is 34.4. The summed E-state index contributed by atoms with van der Waals surface area (Å²) in [5.41, 5.74) is 6.85. The number of amides is 1. The molecule has 0 aliphatic heterocycles. The lowest BCUT2D eigenvalue weighted by Gasteiger charge is -2.28. The average molecular weight is 911 g/mol. The van der Waals surface area contributed by atoms with Crippen LogP contribution in [0.5, 0.6) is 11.5 Å². The van der Waals surface area contributed by atoms with Gasteiger partial charge in [0.1, 0.15) is 24.7 Å². The van der Waals surface area contributed by atoms with Crippen LogP contribution in [0.25, 0.3) is 0 Å². The maximum absolute atomic E-state index is 13.8. The van der Waals surface area contributed by atoms with E-state index in [4.69, 9.17) is 9.47 Å². The van der Waals surface area contributed by atoms with Gasteiger partial charge in [0, 0.05) is 44.8 Å². The van der Waals surface area contributed by atoms with Gasteiger partial charge in [-0.2, -0.15) is 0 Å². The van der Waals surface area contributed by atoms with E-state index in [1.807, 2.05) is 65.6 Å². The highest BCUT2D eigenvalue weighted by atomic mass is 16.5. The van der Waals surface area contributed by atoms with Crippen LogP contribution in [0.15, 0.2) is 133 Å². The van der Waals surface area contributed by atoms with Crippen molar-refractivity contribution in [3.05, 3.63) is 167 Å². The zero-order valence-corrected chi connectivity index (χ0v) is 42.2. The lowest BCUT2D eigenvalue weighted by atomic mass is 10.0. The Morgan fingerprint density at radius 2 is 0.881 bits per heavy atom. The molecule has 0 radical (unpaired) electrons. The highest BCUT2D eigenvalue weighted by Crippen LogP contribution is 2.19. The zero-order valence-electron chi connectivity index (χ0n) is 42.2. The second-order valence-corrected chi connectivity index (χ2v) is 18.0. The van der Waals surface area contributed by atoms with Crippen LogP contribution >= 0.6 is 0 Å². The molecule has 364 valence electrons. The molecule has 0 saturated heterocycles. The molecule has 5 rings (SSSR count). The van der Waals surface area contributed by atoms with E-state index in [-0.39, 0.29) is 5.91 Å². The highest BCUT2D eigenvalue weighted by molar-refractivity contribution is 5.94. The number of nitrogens with one attached hydrogen (secondary N) is 1. The molecule has 1 amide bonds. The maximum atomic E-state index is 13.8. The third-order valence-electron chi connectivity index (χ3n) is 12.2. The Morgan fingerprint density at radius 1 is 0.433 bits per heavy atom. The van der Waals surface area contributed by atoms with Gasteiger partial charge in [-0.3, -0.25) is 4.79 Å². The summed E-state index contributed by atoms with van der Waals surface area (Å²) in [5, 5.41) is 3.58. The first-order chi connectivity index (χ1) is 32.9. The van der Waals surface area contributed by atoms with Gasteiger partial charge in [-0.15, -0.1) is 0 Å². The van der Waals surface area contributed by atoms with Gasteiger partial charge in [-0.25, -0.2) is 0 Å². The number of benzene rings is 5. The third-order valence-corrected chi connectivity index (χ3v) is 12.2. The van der Waals surface area contributed by atoms with Gasteiger partial charge in [0.2, 0.25) is 0 Å². The number of carbonyl (C=O) groups excluding carboxylic acids is 1. The Bertz CT molecular complexity index is 1940. The number of hydrogen-bond acceptors (Lipinski definition) is 6. The molecule has 0 saturated carbocycles. The van der Waals surface area contributed by atoms with E-state index in [1.165, 1.54) is 100 Å². The number of aryl methyl sites for hydroxylation is 1. The van der Waals surface area contributed by atoms with Gasteiger partial charge < -0.3 is 29.5 Å². The summed E-state index contributed by atoms with van der Waals surface area (Å²) in [6.07, 6.45) is 14.7. The molecule has 7 nitrogen and oxygen atoms in total. The number of rotatable bonds is 33. The van der Waals surface area contributed by atoms with E-state index in [0.29, 0.717) is 19.8 Å².